The normalized spacial score (nSPS) is 11.5. The Morgan fingerprint density at radius 3 is 2.49 bits per heavy atom. The molecule has 1 heterocycles. The van der Waals surface area contributed by atoms with Crippen LogP contribution in [0, 0.1) is 6.92 Å². The van der Waals surface area contributed by atoms with Crippen molar-refractivity contribution in [1.29, 1.82) is 0 Å². The van der Waals surface area contributed by atoms with E-state index in [0.29, 0.717) is 12.4 Å². The maximum absolute atomic E-state index is 12.8. The topological polar surface area (TPSA) is 122 Å². The summed E-state index contributed by atoms with van der Waals surface area (Å²) in [5, 5.41) is 24.6. The number of ether oxygens (including phenoxy) is 2. The summed E-state index contributed by atoms with van der Waals surface area (Å²) >= 11 is 1.56. The molecule has 1 amide bonds. The number of benzene rings is 2. The van der Waals surface area contributed by atoms with Crippen LogP contribution in [-0.2, 0) is 16.2 Å². The molecule has 0 spiro atoms. The number of thiophene rings is 1. The Morgan fingerprint density at radius 2 is 1.80 bits per heavy atom. The van der Waals surface area contributed by atoms with Crippen molar-refractivity contribution in [2.24, 2.45) is 0 Å². The number of amides is 1. The average Bonchev–Trinajstić information content (AvgIpc) is 3.34. The van der Waals surface area contributed by atoms with Crippen LogP contribution in [0.15, 0.2) is 59.3 Å². The predicted molar refractivity (Wildman–Crippen MR) is 131 cm³/mol. The predicted octanol–water partition coefficient (Wildman–Crippen LogP) is 4.82. The summed E-state index contributed by atoms with van der Waals surface area (Å²) in [6.07, 6.45) is -0.757. The number of rotatable bonds is 13. The molecule has 0 aliphatic carbocycles. The molecule has 0 bridgehead atoms. The molecule has 3 rings (SSSR count). The molecular formula is C26H27NO7S. The maximum atomic E-state index is 12.8. The summed E-state index contributed by atoms with van der Waals surface area (Å²) in [4.78, 5) is 34.9. The van der Waals surface area contributed by atoms with E-state index in [2.05, 4.69) is 5.32 Å². The van der Waals surface area contributed by atoms with Gasteiger partial charge in [0.25, 0.3) is 5.91 Å². The van der Waals surface area contributed by atoms with Crippen LogP contribution in [0.4, 0.5) is 0 Å². The number of nitrogens with one attached hydrogen (secondary N) is 1. The minimum Gasteiger partial charge on any atom is -0.489 e. The Balaban J connectivity index is 1.90. The summed E-state index contributed by atoms with van der Waals surface area (Å²) in [7, 11) is 0. The van der Waals surface area contributed by atoms with Crippen LogP contribution in [-0.4, -0.2) is 34.6 Å². The van der Waals surface area contributed by atoms with Crippen LogP contribution in [0.5, 0.6) is 11.5 Å². The van der Waals surface area contributed by atoms with E-state index in [0.717, 1.165) is 16.7 Å². The SMILES string of the molecule is Cc1ccccc1C(CCC(=O)O)Oc1cc(OCc2ccsc2)ccc1C(=O)NCCC(=O)O. The lowest BCUT2D eigenvalue weighted by atomic mass is 9.99. The van der Waals surface area contributed by atoms with Gasteiger partial charge >= 0.3 is 11.9 Å². The van der Waals surface area contributed by atoms with Gasteiger partial charge in [0.1, 0.15) is 24.2 Å². The molecule has 0 fully saturated rings. The summed E-state index contributed by atoms with van der Waals surface area (Å²) < 4.78 is 12.1. The van der Waals surface area contributed by atoms with Crippen LogP contribution >= 0.6 is 11.3 Å². The van der Waals surface area contributed by atoms with Crippen LogP contribution in [0.3, 0.4) is 0 Å². The Labute approximate surface area is 207 Å². The van der Waals surface area contributed by atoms with Gasteiger partial charge in [-0.2, -0.15) is 11.3 Å². The highest BCUT2D eigenvalue weighted by atomic mass is 32.1. The fraction of sp³-hybridized carbons (Fsp3) is 0.269. The molecule has 1 aromatic heterocycles. The second kappa shape index (κ2) is 12.6. The molecule has 1 atom stereocenters. The first-order valence-corrected chi connectivity index (χ1v) is 12.0. The molecule has 184 valence electrons. The number of hydrogen-bond donors (Lipinski definition) is 3. The molecule has 8 nitrogen and oxygen atoms in total. The number of aliphatic carboxylic acids is 2. The minimum absolute atomic E-state index is 0.0375. The smallest absolute Gasteiger partial charge is 0.305 e. The molecule has 3 aromatic rings. The summed E-state index contributed by atoms with van der Waals surface area (Å²) in [5.41, 5.74) is 2.95. The van der Waals surface area contributed by atoms with Gasteiger partial charge in [-0.3, -0.25) is 14.4 Å². The lowest BCUT2D eigenvalue weighted by Crippen LogP contribution is -2.26. The molecule has 0 aliphatic heterocycles. The molecule has 0 saturated carbocycles. The van der Waals surface area contributed by atoms with E-state index in [4.69, 9.17) is 14.6 Å². The molecule has 3 N–H and O–H groups in total. The number of carboxylic acid groups (broad SMARTS) is 2. The second-order valence-electron chi connectivity index (χ2n) is 7.87. The van der Waals surface area contributed by atoms with Gasteiger partial charge in [-0.15, -0.1) is 0 Å². The number of aryl methyl sites for hydroxylation is 1. The standard InChI is InChI=1S/C26H27NO7S/c1-17-4-2-3-5-20(17)22(8-9-24(28)29)34-23-14-19(33-15-18-11-13-35-16-18)6-7-21(23)26(32)27-12-10-25(30)31/h2-7,11,13-14,16,22H,8-10,12,15H2,1H3,(H,27,32)(H,28,29)(H,30,31). The van der Waals surface area contributed by atoms with Crippen molar-refractivity contribution in [3.05, 3.63) is 81.5 Å². The first-order valence-electron chi connectivity index (χ1n) is 11.1. The fourth-order valence-electron chi connectivity index (χ4n) is 3.43. The third-order valence-corrected chi connectivity index (χ3v) is 5.96. The zero-order valence-electron chi connectivity index (χ0n) is 19.2. The van der Waals surface area contributed by atoms with Gasteiger partial charge in [-0.05, 0) is 59.0 Å². The van der Waals surface area contributed by atoms with Crippen LogP contribution < -0.4 is 14.8 Å². The van der Waals surface area contributed by atoms with E-state index in [-0.39, 0.29) is 37.1 Å². The number of carbonyl (C=O) groups excluding carboxylic acids is 1. The van der Waals surface area contributed by atoms with Crippen molar-refractivity contribution in [3.63, 3.8) is 0 Å². The van der Waals surface area contributed by atoms with Crippen molar-refractivity contribution in [2.75, 3.05) is 6.54 Å². The average molecular weight is 498 g/mol. The van der Waals surface area contributed by atoms with Crippen molar-refractivity contribution >= 4 is 29.2 Å². The van der Waals surface area contributed by atoms with Crippen LogP contribution in [0.25, 0.3) is 0 Å². The van der Waals surface area contributed by atoms with E-state index >= 15 is 0 Å². The quantitative estimate of drug-likeness (QED) is 0.309. The highest BCUT2D eigenvalue weighted by molar-refractivity contribution is 7.07. The molecule has 0 radical (unpaired) electrons. The van der Waals surface area contributed by atoms with Crippen LogP contribution in [0.2, 0.25) is 0 Å². The molecule has 2 aromatic carbocycles. The first kappa shape index (κ1) is 25.8. The number of carbonyl (C=O) groups is 3. The summed E-state index contributed by atoms with van der Waals surface area (Å²) in [5.74, 6) is -1.76. The van der Waals surface area contributed by atoms with Gasteiger partial charge in [0.2, 0.25) is 0 Å². The minimum atomic E-state index is -1.02. The van der Waals surface area contributed by atoms with E-state index in [1.54, 1.807) is 29.5 Å². The molecule has 0 saturated heterocycles. The maximum Gasteiger partial charge on any atom is 0.305 e. The Morgan fingerprint density at radius 1 is 1.03 bits per heavy atom. The van der Waals surface area contributed by atoms with Gasteiger partial charge in [0.05, 0.1) is 12.0 Å². The monoisotopic (exact) mass is 497 g/mol. The third-order valence-electron chi connectivity index (χ3n) is 5.23. The number of hydrogen-bond acceptors (Lipinski definition) is 6. The summed E-state index contributed by atoms with van der Waals surface area (Å²) in [6.45, 7) is 2.21. The summed E-state index contributed by atoms with van der Waals surface area (Å²) in [6, 6.07) is 14.3. The van der Waals surface area contributed by atoms with E-state index in [1.165, 1.54) is 0 Å². The Hall–Kier alpha value is -3.85. The molecular weight excluding hydrogens is 470 g/mol. The lowest BCUT2D eigenvalue weighted by Gasteiger charge is -2.23. The van der Waals surface area contributed by atoms with Gasteiger partial charge in [-0.1, -0.05) is 24.3 Å². The fourth-order valence-corrected chi connectivity index (χ4v) is 4.08. The van der Waals surface area contributed by atoms with Gasteiger partial charge in [-0.25, -0.2) is 0 Å². The van der Waals surface area contributed by atoms with Crippen LogP contribution in [0.1, 0.15) is 52.4 Å². The zero-order valence-corrected chi connectivity index (χ0v) is 20.0. The molecule has 35 heavy (non-hydrogen) atoms. The van der Waals surface area contributed by atoms with Crippen molar-refractivity contribution in [3.8, 4) is 11.5 Å². The Bertz CT molecular complexity index is 1160. The van der Waals surface area contributed by atoms with Gasteiger partial charge in [0.15, 0.2) is 0 Å². The van der Waals surface area contributed by atoms with Crippen molar-refractivity contribution in [2.45, 2.75) is 38.9 Å². The molecule has 0 aliphatic rings. The number of carboxylic acids is 2. The van der Waals surface area contributed by atoms with Gasteiger partial charge in [0, 0.05) is 19.0 Å². The molecule has 1 unspecified atom stereocenters. The Kier molecular flexibility index (Phi) is 9.25. The van der Waals surface area contributed by atoms with Crippen molar-refractivity contribution in [1.82, 2.24) is 5.32 Å². The highest BCUT2D eigenvalue weighted by Gasteiger charge is 2.22. The highest BCUT2D eigenvalue weighted by Crippen LogP contribution is 2.33. The van der Waals surface area contributed by atoms with Gasteiger partial charge < -0.3 is 25.0 Å². The van der Waals surface area contributed by atoms with E-state index in [1.807, 2.05) is 48.0 Å². The van der Waals surface area contributed by atoms with E-state index < -0.39 is 23.9 Å². The third kappa shape index (κ3) is 7.86. The van der Waals surface area contributed by atoms with E-state index in [9.17, 15) is 19.5 Å². The molecule has 9 heteroatoms. The van der Waals surface area contributed by atoms with Crippen molar-refractivity contribution < 1.29 is 34.1 Å². The largest absolute Gasteiger partial charge is 0.489 e. The zero-order chi connectivity index (χ0) is 25.2. The first-order chi connectivity index (χ1) is 16.8. The second-order valence-corrected chi connectivity index (χ2v) is 8.65. The lowest BCUT2D eigenvalue weighted by molar-refractivity contribution is -0.138.